The third kappa shape index (κ3) is 2.37. The highest BCUT2D eigenvalue weighted by Crippen LogP contribution is 2.33. The average molecular weight is 340 g/mol. The van der Waals surface area contributed by atoms with Gasteiger partial charge >= 0.3 is 5.97 Å². The molecule has 0 aromatic carbocycles. The fourth-order valence-electron chi connectivity index (χ4n) is 2.67. The minimum absolute atomic E-state index is 0.166. The maximum atomic E-state index is 12.8. The molecule has 1 atom stereocenters. The van der Waals surface area contributed by atoms with Crippen LogP contribution >= 0.6 is 11.3 Å². The van der Waals surface area contributed by atoms with Crippen LogP contribution in [-0.4, -0.2) is 36.9 Å². The topological polar surface area (TPSA) is 68.6 Å². The van der Waals surface area contributed by atoms with Gasteiger partial charge in [0.2, 0.25) is 0 Å². The predicted molar refractivity (Wildman–Crippen MR) is 82.4 cm³/mol. The van der Waals surface area contributed by atoms with Crippen molar-refractivity contribution in [2.45, 2.75) is 23.7 Å². The van der Waals surface area contributed by atoms with Gasteiger partial charge in [0.15, 0.2) is 0 Å². The van der Waals surface area contributed by atoms with E-state index in [1.54, 1.807) is 0 Å². The Kier molecular flexibility index (Phi) is 3.84. The standard InChI is InChI=1S/C14H16N2O4S2/c1-10-11-4-3-7-15(11)8-9-16(10)22(18,19)13-6-5-12(21-13)14(17)20-2/h3-7,10H,8-9H2,1-2H3/t10-/m0/s1. The number of hydrogen-bond acceptors (Lipinski definition) is 5. The molecule has 8 heteroatoms. The highest BCUT2D eigenvalue weighted by atomic mass is 32.2. The molecule has 1 aliphatic heterocycles. The van der Waals surface area contributed by atoms with E-state index >= 15 is 0 Å². The van der Waals surface area contributed by atoms with Crippen LogP contribution in [-0.2, 0) is 21.3 Å². The Balaban J connectivity index is 1.94. The van der Waals surface area contributed by atoms with Crippen LogP contribution in [0.15, 0.2) is 34.7 Å². The second-order valence-corrected chi connectivity index (χ2v) is 8.23. The molecule has 118 valence electrons. The Hall–Kier alpha value is -1.64. The number of hydrogen-bond donors (Lipinski definition) is 0. The van der Waals surface area contributed by atoms with Crippen LogP contribution in [0, 0.1) is 0 Å². The van der Waals surface area contributed by atoms with E-state index in [0.29, 0.717) is 13.1 Å². The Morgan fingerprint density at radius 1 is 1.32 bits per heavy atom. The maximum Gasteiger partial charge on any atom is 0.348 e. The van der Waals surface area contributed by atoms with Crippen LogP contribution in [0.5, 0.6) is 0 Å². The normalized spacial score (nSPS) is 18.9. The number of carbonyl (C=O) groups is 1. The number of carbonyl (C=O) groups excluding carboxylic acids is 1. The van der Waals surface area contributed by atoms with Crippen molar-refractivity contribution in [1.82, 2.24) is 8.87 Å². The van der Waals surface area contributed by atoms with Gasteiger partial charge in [-0.3, -0.25) is 0 Å². The number of rotatable bonds is 3. The fourth-order valence-corrected chi connectivity index (χ4v) is 5.62. The summed E-state index contributed by atoms with van der Waals surface area (Å²) >= 11 is 0.941. The number of aromatic nitrogens is 1. The van der Waals surface area contributed by atoms with Gasteiger partial charge in [0.1, 0.15) is 9.09 Å². The second-order valence-electron chi connectivity index (χ2n) is 5.03. The molecule has 0 fully saturated rings. The van der Waals surface area contributed by atoms with Crippen LogP contribution in [0.25, 0.3) is 0 Å². The smallest absolute Gasteiger partial charge is 0.348 e. The summed E-state index contributed by atoms with van der Waals surface area (Å²) in [6, 6.07) is 6.56. The Labute approximate surface area is 133 Å². The van der Waals surface area contributed by atoms with Gasteiger partial charge in [0, 0.05) is 25.0 Å². The number of ether oxygens (including phenoxy) is 1. The first kappa shape index (κ1) is 15.3. The molecule has 6 nitrogen and oxygen atoms in total. The summed E-state index contributed by atoms with van der Waals surface area (Å²) in [6.45, 7) is 2.91. The van der Waals surface area contributed by atoms with Crippen molar-refractivity contribution in [3.05, 3.63) is 41.0 Å². The zero-order valence-corrected chi connectivity index (χ0v) is 13.9. The number of sulfonamides is 1. The van der Waals surface area contributed by atoms with Crippen molar-refractivity contribution < 1.29 is 17.9 Å². The number of nitrogens with zero attached hydrogens (tertiary/aromatic N) is 2. The summed E-state index contributed by atoms with van der Waals surface area (Å²) < 4.78 is 34.0. The zero-order chi connectivity index (χ0) is 15.9. The molecule has 0 bridgehead atoms. The van der Waals surface area contributed by atoms with E-state index in [1.807, 2.05) is 25.3 Å². The third-order valence-electron chi connectivity index (χ3n) is 3.82. The number of methoxy groups -OCH3 is 1. The van der Waals surface area contributed by atoms with Crippen LogP contribution in [0.1, 0.15) is 28.3 Å². The van der Waals surface area contributed by atoms with Gasteiger partial charge in [-0.2, -0.15) is 4.31 Å². The van der Waals surface area contributed by atoms with Crippen LogP contribution in [0.3, 0.4) is 0 Å². The minimum Gasteiger partial charge on any atom is -0.465 e. The van der Waals surface area contributed by atoms with Crippen LogP contribution in [0.2, 0.25) is 0 Å². The largest absolute Gasteiger partial charge is 0.465 e. The van der Waals surface area contributed by atoms with Gasteiger partial charge < -0.3 is 9.30 Å². The van der Waals surface area contributed by atoms with Crippen molar-refractivity contribution in [1.29, 1.82) is 0 Å². The van der Waals surface area contributed by atoms with E-state index in [1.165, 1.54) is 23.5 Å². The molecule has 22 heavy (non-hydrogen) atoms. The van der Waals surface area contributed by atoms with Crippen molar-refractivity contribution >= 4 is 27.3 Å². The third-order valence-corrected chi connectivity index (χ3v) is 7.32. The van der Waals surface area contributed by atoms with E-state index in [0.717, 1.165) is 17.0 Å². The van der Waals surface area contributed by atoms with Gasteiger partial charge in [0.25, 0.3) is 10.0 Å². The number of thiophene rings is 1. The first-order valence-corrected chi connectivity index (χ1v) is 9.06. The lowest BCUT2D eigenvalue weighted by atomic mass is 10.2. The molecule has 0 spiro atoms. The van der Waals surface area contributed by atoms with E-state index in [9.17, 15) is 13.2 Å². The molecule has 0 saturated heterocycles. The molecule has 0 unspecified atom stereocenters. The highest BCUT2D eigenvalue weighted by molar-refractivity contribution is 7.91. The molecule has 0 N–H and O–H groups in total. The molecule has 0 saturated carbocycles. The summed E-state index contributed by atoms with van der Waals surface area (Å²) in [5, 5.41) is 0. The number of fused-ring (bicyclic) bond motifs is 1. The lowest BCUT2D eigenvalue weighted by molar-refractivity contribution is 0.0606. The molecule has 0 aliphatic carbocycles. The summed E-state index contributed by atoms with van der Waals surface area (Å²) in [5.41, 5.74) is 0.972. The molecule has 0 radical (unpaired) electrons. The molecule has 1 aliphatic rings. The number of esters is 1. The highest BCUT2D eigenvalue weighted by Gasteiger charge is 2.35. The molecule has 3 rings (SSSR count). The van der Waals surface area contributed by atoms with Crippen LogP contribution in [0.4, 0.5) is 0 Å². The minimum atomic E-state index is -3.62. The molecule has 3 heterocycles. The average Bonchev–Trinajstić information content (AvgIpc) is 3.16. The molecule has 0 amide bonds. The first-order chi connectivity index (χ1) is 10.4. The lowest BCUT2D eigenvalue weighted by Gasteiger charge is -2.33. The molecular formula is C14H16N2O4S2. The van der Waals surface area contributed by atoms with Crippen molar-refractivity contribution in [2.24, 2.45) is 0 Å². The Morgan fingerprint density at radius 3 is 2.82 bits per heavy atom. The zero-order valence-electron chi connectivity index (χ0n) is 12.2. The van der Waals surface area contributed by atoms with Gasteiger partial charge in [-0.25, -0.2) is 13.2 Å². The van der Waals surface area contributed by atoms with E-state index in [-0.39, 0.29) is 15.1 Å². The second kappa shape index (κ2) is 5.53. The summed E-state index contributed by atoms with van der Waals surface area (Å²) in [7, 11) is -2.35. The maximum absolute atomic E-state index is 12.8. The lowest BCUT2D eigenvalue weighted by Crippen LogP contribution is -2.40. The first-order valence-electron chi connectivity index (χ1n) is 6.80. The molecular weight excluding hydrogens is 324 g/mol. The van der Waals surface area contributed by atoms with Crippen molar-refractivity contribution in [3.63, 3.8) is 0 Å². The summed E-state index contributed by atoms with van der Waals surface area (Å²) in [6.07, 6.45) is 1.95. The quantitative estimate of drug-likeness (QED) is 0.803. The molecule has 2 aromatic rings. The molecule has 2 aromatic heterocycles. The Morgan fingerprint density at radius 2 is 2.09 bits per heavy atom. The monoisotopic (exact) mass is 340 g/mol. The predicted octanol–water partition coefficient (Wildman–Crippen LogP) is 2.10. The summed E-state index contributed by atoms with van der Waals surface area (Å²) in [5.74, 6) is -0.521. The van der Waals surface area contributed by atoms with Gasteiger partial charge in [-0.1, -0.05) is 0 Å². The van der Waals surface area contributed by atoms with E-state index < -0.39 is 16.0 Å². The fraction of sp³-hybridized carbons (Fsp3) is 0.357. The van der Waals surface area contributed by atoms with Crippen LogP contribution < -0.4 is 0 Å². The van der Waals surface area contributed by atoms with E-state index in [2.05, 4.69) is 9.30 Å². The van der Waals surface area contributed by atoms with Gasteiger partial charge in [-0.05, 0) is 31.2 Å². The van der Waals surface area contributed by atoms with Gasteiger partial charge in [0.05, 0.1) is 13.2 Å². The SMILES string of the molecule is COC(=O)c1ccc(S(=O)(=O)N2CCn3cccc3[C@@H]2C)s1. The van der Waals surface area contributed by atoms with Gasteiger partial charge in [-0.15, -0.1) is 11.3 Å². The van der Waals surface area contributed by atoms with Crippen molar-refractivity contribution in [3.8, 4) is 0 Å². The Bertz CT molecular complexity index is 806. The van der Waals surface area contributed by atoms with E-state index in [4.69, 9.17) is 0 Å². The van der Waals surface area contributed by atoms with Crippen molar-refractivity contribution in [2.75, 3.05) is 13.7 Å². The summed E-state index contributed by atoms with van der Waals surface area (Å²) in [4.78, 5) is 11.8.